The number of aliphatic imine (C=N–C) groups is 1. The van der Waals surface area contributed by atoms with E-state index in [4.69, 9.17) is 27.9 Å². The number of hydrogen-bond donors (Lipinski definition) is 3. The van der Waals surface area contributed by atoms with Crippen molar-refractivity contribution in [1.82, 2.24) is 10.6 Å². The third-order valence-electron chi connectivity index (χ3n) is 5.02. The van der Waals surface area contributed by atoms with E-state index in [0.29, 0.717) is 35.7 Å². The van der Waals surface area contributed by atoms with E-state index in [-0.39, 0.29) is 41.4 Å². The molecule has 27 heavy (non-hydrogen) atoms. The maximum atomic E-state index is 9.35. The van der Waals surface area contributed by atoms with Crippen LogP contribution < -0.4 is 10.6 Å². The van der Waals surface area contributed by atoms with Crippen molar-refractivity contribution in [3.05, 3.63) is 33.8 Å². The Balaban J connectivity index is 0.00000364. The fourth-order valence-corrected chi connectivity index (χ4v) is 4.25. The molecule has 1 fully saturated rings. The van der Waals surface area contributed by atoms with Gasteiger partial charge < -0.3 is 20.5 Å². The number of hydrogen-bond acceptors (Lipinski definition) is 3. The maximum Gasteiger partial charge on any atom is 0.191 e. The number of aliphatic hydroxyl groups is 1. The molecular formula is C19H30Cl2IN3O2. The van der Waals surface area contributed by atoms with Crippen LogP contribution in [0, 0.1) is 5.41 Å². The molecule has 1 unspecified atom stereocenters. The van der Waals surface area contributed by atoms with Gasteiger partial charge in [-0.05, 0) is 30.5 Å². The van der Waals surface area contributed by atoms with Crippen LogP contribution in [0.15, 0.2) is 23.2 Å². The molecule has 0 saturated carbocycles. The zero-order valence-electron chi connectivity index (χ0n) is 16.1. The van der Waals surface area contributed by atoms with Crippen molar-refractivity contribution in [3.63, 3.8) is 0 Å². The van der Waals surface area contributed by atoms with E-state index in [1.807, 2.05) is 18.2 Å². The van der Waals surface area contributed by atoms with Crippen LogP contribution in [-0.4, -0.2) is 51.0 Å². The fourth-order valence-electron chi connectivity index (χ4n) is 3.34. The minimum atomic E-state index is -0.272. The van der Waals surface area contributed by atoms with Crippen LogP contribution in [0.3, 0.4) is 0 Å². The van der Waals surface area contributed by atoms with Gasteiger partial charge in [-0.1, -0.05) is 43.1 Å². The molecule has 1 heterocycles. The van der Waals surface area contributed by atoms with Gasteiger partial charge in [0.05, 0.1) is 6.61 Å². The van der Waals surface area contributed by atoms with E-state index in [1.54, 1.807) is 7.05 Å². The normalized spacial score (nSPS) is 20.3. The first-order valence-electron chi connectivity index (χ1n) is 8.91. The van der Waals surface area contributed by atoms with Gasteiger partial charge in [-0.3, -0.25) is 4.99 Å². The van der Waals surface area contributed by atoms with E-state index >= 15 is 0 Å². The molecule has 0 aliphatic carbocycles. The van der Waals surface area contributed by atoms with Crippen molar-refractivity contribution >= 4 is 53.1 Å². The Kier molecular flexibility index (Phi) is 10.1. The Bertz CT molecular complexity index is 615. The van der Waals surface area contributed by atoms with Crippen molar-refractivity contribution in [2.75, 3.05) is 40.0 Å². The smallest absolute Gasteiger partial charge is 0.191 e. The molecule has 2 rings (SSSR count). The lowest BCUT2D eigenvalue weighted by molar-refractivity contribution is 0.127. The Morgan fingerprint density at radius 2 is 1.96 bits per heavy atom. The number of rotatable bonds is 7. The van der Waals surface area contributed by atoms with Gasteiger partial charge in [0, 0.05) is 54.2 Å². The summed E-state index contributed by atoms with van der Waals surface area (Å²) in [5.74, 6) is 0.713. The summed E-state index contributed by atoms with van der Waals surface area (Å²) in [4.78, 5) is 4.31. The van der Waals surface area contributed by atoms with E-state index in [1.165, 1.54) is 0 Å². The lowest BCUT2D eigenvalue weighted by Gasteiger charge is -2.30. The summed E-state index contributed by atoms with van der Waals surface area (Å²) in [5.41, 5.74) is 0.618. The second-order valence-corrected chi connectivity index (χ2v) is 8.35. The van der Waals surface area contributed by atoms with E-state index in [0.717, 1.165) is 25.0 Å². The first-order valence-corrected chi connectivity index (χ1v) is 9.67. The molecule has 0 amide bonds. The molecule has 8 heteroatoms. The highest BCUT2D eigenvalue weighted by Crippen LogP contribution is 2.35. The Morgan fingerprint density at radius 3 is 2.48 bits per heavy atom. The zero-order valence-corrected chi connectivity index (χ0v) is 20.0. The Labute approximate surface area is 189 Å². The molecule has 1 saturated heterocycles. The molecular weight excluding hydrogens is 500 g/mol. The molecule has 5 nitrogen and oxygen atoms in total. The van der Waals surface area contributed by atoms with Crippen LogP contribution in [0.1, 0.15) is 32.3 Å². The first kappa shape index (κ1) is 24.8. The molecule has 1 aliphatic rings. The van der Waals surface area contributed by atoms with Crippen molar-refractivity contribution in [2.45, 2.75) is 32.1 Å². The highest BCUT2D eigenvalue weighted by Gasteiger charge is 2.34. The predicted octanol–water partition coefficient (Wildman–Crippen LogP) is 3.84. The first-order chi connectivity index (χ1) is 12.3. The summed E-state index contributed by atoms with van der Waals surface area (Å²) in [6, 6.07) is 5.56. The number of nitrogens with zero attached hydrogens (tertiary/aromatic N) is 1. The average Bonchev–Trinajstić information content (AvgIpc) is 3.04. The molecule has 154 valence electrons. The molecule has 0 spiro atoms. The molecule has 0 bridgehead atoms. The monoisotopic (exact) mass is 529 g/mol. The Morgan fingerprint density at radius 1 is 1.30 bits per heavy atom. The number of nitrogens with one attached hydrogen (secondary N) is 2. The van der Waals surface area contributed by atoms with Crippen LogP contribution in [0.25, 0.3) is 0 Å². The summed E-state index contributed by atoms with van der Waals surface area (Å²) in [5, 5.41) is 17.4. The van der Waals surface area contributed by atoms with Crippen molar-refractivity contribution in [3.8, 4) is 0 Å². The second-order valence-electron chi connectivity index (χ2n) is 7.54. The fraction of sp³-hybridized carbons (Fsp3) is 0.632. The van der Waals surface area contributed by atoms with Crippen LogP contribution in [-0.2, 0) is 10.2 Å². The van der Waals surface area contributed by atoms with Crippen LogP contribution in [0.5, 0.6) is 0 Å². The average molecular weight is 530 g/mol. The summed E-state index contributed by atoms with van der Waals surface area (Å²) >= 11 is 12.7. The molecule has 3 N–H and O–H groups in total. The molecule has 1 aromatic rings. The topological polar surface area (TPSA) is 65.9 Å². The van der Waals surface area contributed by atoms with Crippen LogP contribution in [0.4, 0.5) is 0 Å². The molecule has 0 aromatic heterocycles. The molecule has 0 radical (unpaired) electrons. The number of aliphatic hydroxyl groups excluding tert-OH is 1. The highest BCUT2D eigenvalue weighted by atomic mass is 127. The second kappa shape index (κ2) is 11.0. The van der Waals surface area contributed by atoms with Crippen LogP contribution >= 0.6 is 47.2 Å². The standard InChI is InChI=1S/C19H29Cl2N3O2.HI/c1-18(2,16-14(20)5-4-6-15(16)21)11-23-17(22-3)24-12-19(7-9-25)8-10-26-13-19;/h4-6,25H,7-13H2,1-3H3,(H2,22,23,24);1H. The number of guanidine groups is 1. The maximum absolute atomic E-state index is 9.35. The Hall–Kier alpha value is -0.280. The predicted molar refractivity (Wildman–Crippen MR) is 124 cm³/mol. The number of benzene rings is 1. The third-order valence-corrected chi connectivity index (χ3v) is 5.65. The van der Waals surface area contributed by atoms with Crippen molar-refractivity contribution in [2.24, 2.45) is 10.4 Å². The SMILES string of the molecule is CN=C(NCC1(CCO)CCOC1)NCC(C)(C)c1c(Cl)cccc1Cl.I. The zero-order chi connectivity index (χ0) is 19.2. The quantitative estimate of drug-likeness (QED) is 0.285. The summed E-state index contributed by atoms with van der Waals surface area (Å²) in [6.45, 7) is 7.09. The number of ether oxygens (including phenoxy) is 1. The molecule has 1 atom stereocenters. The minimum Gasteiger partial charge on any atom is -0.396 e. The van der Waals surface area contributed by atoms with Gasteiger partial charge in [-0.25, -0.2) is 0 Å². The van der Waals surface area contributed by atoms with Crippen molar-refractivity contribution < 1.29 is 9.84 Å². The van der Waals surface area contributed by atoms with Gasteiger partial charge >= 0.3 is 0 Å². The molecule has 1 aromatic carbocycles. The summed E-state index contributed by atoms with van der Waals surface area (Å²) in [7, 11) is 1.74. The minimum absolute atomic E-state index is 0. The molecule has 1 aliphatic heterocycles. The third kappa shape index (κ3) is 6.63. The van der Waals surface area contributed by atoms with Crippen LogP contribution in [0.2, 0.25) is 10.0 Å². The van der Waals surface area contributed by atoms with Gasteiger partial charge in [0.1, 0.15) is 0 Å². The van der Waals surface area contributed by atoms with E-state index in [9.17, 15) is 5.11 Å². The highest BCUT2D eigenvalue weighted by molar-refractivity contribution is 14.0. The van der Waals surface area contributed by atoms with Crippen molar-refractivity contribution in [1.29, 1.82) is 0 Å². The largest absolute Gasteiger partial charge is 0.396 e. The van der Waals surface area contributed by atoms with Gasteiger partial charge in [-0.15, -0.1) is 24.0 Å². The lowest BCUT2D eigenvalue weighted by Crippen LogP contribution is -2.47. The van der Waals surface area contributed by atoms with Gasteiger partial charge in [0.25, 0.3) is 0 Å². The lowest BCUT2D eigenvalue weighted by atomic mass is 9.84. The summed E-state index contributed by atoms with van der Waals surface area (Å²) in [6.07, 6.45) is 1.66. The van der Waals surface area contributed by atoms with E-state index in [2.05, 4.69) is 29.5 Å². The van der Waals surface area contributed by atoms with E-state index < -0.39 is 0 Å². The van der Waals surface area contributed by atoms with Gasteiger partial charge in [0.15, 0.2) is 5.96 Å². The summed E-state index contributed by atoms with van der Waals surface area (Å²) < 4.78 is 5.54. The van der Waals surface area contributed by atoms with Gasteiger partial charge in [0.2, 0.25) is 0 Å². The van der Waals surface area contributed by atoms with Gasteiger partial charge in [-0.2, -0.15) is 0 Å². The number of halogens is 3.